The Bertz CT molecular complexity index is 386. The summed E-state index contributed by atoms with van der Waals surface area (Å²) in [5.41, 5.74) is 0.259. The second-order valence-electron chi connectivity index (χ2n) is 3.95. The van der Waals surface area contributed by atoms with Crippen LogP contribution in [0.15, 0.2) is 24.3 Å². The number of benzene rings is 1. The quantitative estimate of drug-likeness (QED) is 0.720. The number of Topliss-reactive ketones (excluding diaryl/α,β-unsaturated/α-hetero) is 1. The van der Waals surface area contributed by atoms with E-state index in [4.69, 9.17) is 0 Å². The van der Waals surface area contributed by atoms with Gasteiger partial charge in [-0.1, -0.05) is 12.1 Å². The Kier molecular flexibility index (Phi) is 3.17. The van der Waals surface area contributed by atoms with Crippen LogP contribution in [0.4, 0.5) is 8.78 Å². The van der Waals surface area contributed by atoms with Gasteiger partial charge in [-0.2, -0.15) is 8.78 Å². The molecule has 1 fully saturated rings. The zero-order chi connectivity index (χ0) is 11.5. The van der Waals surface area contributed by atoms with Crippen LogP contribution in [0.1, 0.15) is 29.6 Å². The summed E-state index contributed by atoms with van der Waals surface area (Å²) < 4.78 is 28.5. The number of alkyl halides is 2. The standard InChI is InChI=1S/C12H12F2O2/c13-12(14)16-11-4-2-1-3-9(11)10(15)7-8-5-6-8/h1-4,8,12H,5-7H2. The summed E-state index contributed by atoms with van der Waals surface area (Å²) in [6, 6.07) is 6.15. The predicted octanol–water partition coefficient (Wildman–Crippen LogP) is 3.27. The SMILES string of the molecule is O=C(CC1CC1)c1ccccc1OC(F)F. The van der Waals surface area contributed by atoms with Crippen molar-refractivity contribution in [3.63, 3.8) is 0 Å². The van der Waals surface area contributed by atoms with Gasteiger partial charge in [0.05, 0.1) is 5.56 Å². The van der Waals surface area contributed by atoms with Gasteiger partial charge in [-0.25, -0.2) is 0 Å². The molecule has 0 aliphatic heterocycles. The van der Waals surface area contributed by atoms with Gasteiger partial charge in [0, 0.05) is 6.42 Å². The summed E-state index contributed by atoms with van der Waals surface area (Å²) in [7, 11) is 0. The molecule has 1 saturated carbocycles. The summed E-state index contributed by atoms with van der Waals surface area (Å²) in [6.45, 7) is -2.89. The molecule has 0 radical (unpaired) electrons. The van der Waals surface area contributed by atoms with Crippen LogP contribution in [0.25, 0.3) is 0 Å². The van der Waals surface area contributed by atoms with Crippen molar-refractivity contribution in [1.29, 1.82) is 0 Å². The van der Waals surface area contributed by atoms with E-state index in [1.165, 1.54) is 12.1 Å². The molecule has 1 aromatic rings. The van der Waals surface area contributed by atoms with Gasteiger partial charge in [0.15, 0.2) is 5.78 Å². The number of para-hydroxylation sites is 1. The van der Waals surface area contributed by atoms with E-state index in [2.05, 4.69) is 4.74 Å². The minimum Gasteiger partial charge on any atom is -0.434 e. The molecule has 86 valence electrons. The van der Waals surface area contributed by atoms with Crippen molar-refractivity contribution in [1.82, 2.24) is 0 Å². The molecule has 0 atom stereocenters. The molecule has 0 unspecified atom stereocenters. The van der Waals surface area contributed by atoms with Gasteiger partial charge in [0.2, 0.25) is 0 Å². The van der Waals surface area contributed by atoms with Crippen molar-refractivity contribution in [2.45, 2.75) is 25.9 Å². The number of ketones is 1. The molecular weight excluding hydrogens is 214 g/mol. The van der Waals surface area contributed by atoms with Gasteiger partial charge in [0.1, 0.15) is 5.75 Å². The van der Waals surface area contributed by atoms with E-state index in [1.807, 2.05) is 0 Å². The van der Waals surface area contributed by atoms with Gasteiger partial charge in [-0.05, 0) is 30.9 Å². The van der Waals surface area contributed by atoms with Gasteiger partial charge in [-0.15, -0.1) is 0 Å². The maximum atomic E-state index is 12.1. The Hall–Kier alpha value is -1.45. The minimum atomic E-state index is -2.89. The number of hydrogen-bond acceptors (Lipinski definition) is 2. The topological polar surface area (TPSA) is 26.3 Å². The Morgan fingerprint density at radius 1 is 1.38 bits per heavy atom. The molecule has 0 aromatic heterocycles. The zero-order valence-electron chi connectivity index (χ0n) is 8.66. The third-order valence-corrected chi connectivity index (χ3v) is 2.57. The summed E-state index contributed by atoms with van der Waals surface area (Å²) in [5.74, 6) is 0.300. The van der Waals surface area contributed by atoms with Crippen LogP contribution in [-0.4, -0.2) is 12.4 Å². The van der Waals surface area contributed by atoms with Crippen molar-refractivity contribution in [3.05, 3.63) is 29.8 Å². The molecule has 16 heavy (non-hydrogen) atoms. The van der Waals surface area contributed by atoms with Crippen LogP contribution in [0.3, 0.4) is 0 Å². The molecule has 1 aliphatic carbocycles. The first-order valence-corrected chi connectivity index (χ1v) is 5.24. The van der Waals surface area contributed by atoms with Crippen LogP contribution >= 0.6 is 0 Å². The van der Waals surface area contributed by atoms with Crippen molar-refractivity contribution in [2.75, 3.05) is 0 Å². The van der Waals surface area contributed by atoms with E-state index in [0.717, 1.165) is 12.8 Å². The highest BCUT2D eigenvalue weighted by Gasteiger charge is 2.26. The first kappa shape index (κ1) is 11.0. The van der Waals surface area contributed by atoms with Crippen LogP contribution in [0, 0.1) is 5.92 Å². The van der Waals surface area contributed by atoms with Crippen molar-refractivity contribution in [2.24, 2.45) is 5.92 Å². The lowest BCUT2D eigenvalue weighted by Gasteiger charge is -2.09. The first-order valence-electron chi connectivity index (χ1n) is 5.24. The number of carbonyl (C=O) groups is 1. The molecule has 0 saturated heterocycles. The molecule has 1 aliphatic rings. The summed E-state index contributed by atoms with van der Waals surface area (Å²) in [6.07, 6.45) is 2.55. The Labute approximate surface area is 92.2 Å². The molecule has 2 rings (SSSR count). The lowest BCUT2D eigenvalue weighted by atomic mass is 10.1. The smallest absolute Gasteiger partial charge is 0.387 e. The average molecular weight is 226 g/mol. The van der Waals surface area contributed by atoms with Gasteiger partial charge < -0.3 is 4.74 Å². The largest absolute Gasteiger partial charge is 0.434 e. The van der Waals surface area contributed by atoms with Crippen LogP contribution in [-0.2, 0) is 0 Å². The van der Waals surface area contributed by atoms with E-state index < -0.39 is 6.61 Å². The van der Waals surface area contributed by atoms with E-state index in [0.29, 0.717) is 12.3 Å². The molecule has 0 N–H and O–H groups in total. The Morgan fingerprint density at radius 3 is 2.69 bits per heavy atom. The van der Waals surface area contributed by atoms with Crippen LogP contribution in [0.5, 0.6) is 5.75 Å². The monoisotopic (exact) mass is 226 g/mol. The van der Waals surface area contributed by atoms with Crippen molar-refractivity contribution in [3.8, 4) is 5.75 Å². The van der Waals surface area contributed by atoms with Crippen LogP contribution < -0.4 is 4.74 Å². The average Bonchev–Trinajstić information content (AvgIpc) is 3.01. The van der Waals surface area contributed by atoms with Gasteiger partial charge >= 0.3 is 6.61 Å². The van der Waals surface area contributed by atoms with E-state index in [-0.39, 0.29) is 17.1 Å². The van der Waals surface area contributed by atoms with E-state index in [1.54, 1.807) is 12.1 Å². The number of hydrogen-bond donors (Lipinski definition) is 0. The Balaban J connectivity index is 2.13. The summed E-state index contributed by atoms with van der Waals surface area (Å²) in [4.78, 5) is 11.8. The van der Waals surface area contributed by atoms with E-state index >= 15 is 0 Å². The second kappa shape index (κ2) is 4.60. The predicted molar refractivity (Wildman–Crippen MR) is 54.7 cm³/mol. The molecule has 0 bridgehead atoms. The van der Waals surface area contributed by atoms with Crippen molar-refractivity contribution < 1.29 is 18.3 Å². The zero-order valence-corrected chi connectivity index (χ0v) is 8.66. The number of ether oxygens (including phenoxy) is 1. The third kappa shape index (κ3) is 2.78. The van der Waals surface area contributed by atoms with Crippen LogP contribution in [0.2, 0.25) is 0 Å². The first-order chi connectivity index (χ1) is 7.66. The van der Waals surface area contributed by atoms with Gasteiger partial charge in [-0.3, -0.25) is 4.79 Å². The fourth-order valence-corrected chi connectivity index (χ4v) is 1.59. The highest BCUT2D eigenvalue weighted by atomic mass is 19.3. The normalized spacial score (nSPS) is 15.2. The van der Waals surface area contributed by atoms with E-state index in [9.17, 15) is 13.6 Å². The Morgan fingerprint density at radius 2 is 2.06 bits per heavy atom. The van der Waals surface area contributed by atoms with Gasteiger partial charge in [0.25, 0.3) is 0 Å². The number of carbonyl (C=O) groups excluding carboxylic acids is 1. The number of halogens is 2. The fraction of sp³-hybridized carbons (Fsp3) is 0.417. The highest BCUT2D eigenvalue weighted by molar-refractivity contribution is 5.98. The molecule has 4 heteroatoms. The molecule has 0 spiro atoms. The minimum absolute atomic E-state index is 0.0249. The lowest BCUT2D eigenvalue weighted by Crippen LogP contribution is -2.08. The number of rotatable bonds is 5. The molecule has 0 heterocycles. The highest BCUT2D eigenvalue weighted by Crippen LogP contribution is 2.34. The molecule has 1 aromatic carbocycles. The molecular formula is C12H12F2O2. The lowest BCUT2D eigenvalue weighted by molar-refractivity contribution is -0.0501. The second-order valence-corrected chi connectivity index (χ2v) is 3.95. The fourth-order valence-electron chi connectivity index (χ4n) is 1.59. The third-order valence-electron chi connectivity index (χ3n) is 2.57. The molecule has 0 amide bonds. The summed E-state index contributed by atoms with van der Waals surface area (Å²) >= 11 is 0. The maximum Gasteiger partial charge on any atom is 0.387 e. The molecule has 2 nitrogen and oxygen atoms in total. The van der Waals surface area contributed by atoms with Crippen molar-refractivity contribution >= 4 is 5.78 Å². The summed E-state index contributed by atoms with van der Waals surface area (Å²) in [5, 5.41) is 0. The maximum absolute atomic E-state index is 12.1.